The van der Waals surface area contributed by atoms with Crippen LogP contribution in [-0.4, -0.2) is 13.0 Å². The highest BCUT2D eigenvalue weighted by atomic mass is 35.5. The maximum absolute atomic E-state index is 11.7. The number of ether oxygens (including phenoxy) is 1. The summed E-state index contributed by atoms with van der Waals surface area (Å²) in [7, 11) is 0. The van der Waals surface area contributed by atoms with Gasteiger partial charge >= 0.3 is 6.36 Å². The first-order chi connectivity index (χ1) is 6.49. The van der Waals surface area contributed by atoms with Gasteiger partial charge in [-0.15, -0.1) is 25.6 Å². The van der Waals surface area contributed by atoms with Gasteiger partial charge in [-0.05, 0) is 5.56 Å². The van der Waals surface area contributed by atoms with E-state index in [2.05, 4.69) is 4.74 Å². The second-order valence-electron chi connectivity index (χ2n) is 2.77. The third-order valence-corrected chi connectivity index (χ3v) is 1.65. The Morgan fingerprint density at radius 1 is 1.20 bits per heavy atom. The topological polar surface area (TPSA) is 35.2 Å². The minimum Gasteiger partial charge on any atom is -0.322 e. The minimum absolute atomic E-state index is 0. The third-order valence-electron chi connectivity index (χ3n) is 1.65. The number of hydrogen-bond donors (Lipinski definition) is 1. The normalized spacial score (nSPS) is 13.1. The van der Waals surface area contributed by atoms with Crippen molar-refractivity contribution < 1.29 is 17.9 Å². The van der Waals surface area contributed by atoms with Gasteiger partial charge in [0.15, 0.2) is 0 Å². The molecule has 0 heterocycles. The zero-order valence-electron chi connectivity index (χ0n) is 7.70. The van der Waals surface area contributed by atoms with E-state index in [-0.39, 0.29) is 12.4 Å². The molecule has 86 valence electrons. The molecule has 0 saturated heterocycles. The van der Waals surface area contributed by atoms with E-state index in [1.165, 1.54) is 0 Å². The molecule has 0 aliphatic heterocycles. The van der Waals surface area contributed by atoms with Crippen molar-refractivity contribution in [3.05, 3.63) is 35.9 Å². The lowest BCUT2D eigenvalue weighted by Crippen LogP contribution is -2.23. The molecule has 1 aromatic rings. The van der Waals surface area contributed by atoms with Gasteiger partial charge in [0.2, 0.25) is 0 Å². The van der Waals surface area contributed by atoms with E-state index in [9.17, 15) is 13.2 Å². The van der Waals surface area contributed by atoms with Gasteiger partial charge in [0, 0.05) is 0 Å². The summed E-state index contributed by atoms with van der Waals surface area (Å²) < 4.78 is 38.6. The standard InChI is InChI=1S/C9H10F3NO.ClH/c10-9(11,12)14-6-8(13)7-4-2-1-3-5-7;/h1-5,8H,6,13H2;1H. The Balaban J connectivity index is 0.00000196. The summed E-state index contributed by atoms with van der Waals surface area (Å²) in [6.45, 7) is -0.562. The molecule has 0 saturated carbocycles. The van der Waals surface area contributed by atoms with Crippen molar-refractivity contribution in [3.63, 3.8) is 0 Å². The van der Waals surface area contributed by atoms with E-state index in [4.69, 9.17) is 5.73 Å². The average molecular weight is 242 g/mol. The van der Waals surface area contributed by atoms with Gasteiger partial charge in [0.1, 0.15) is 0 Å². The Kier molecular flexibility index (Phi) is 5.64. The van der Waals surface area contributed by atoms with Crippen LogP contribution in [0.25, 0.3) is 0 Å². The summed E-state index contributed by atoms with van der Waals surface area (Å²) in [5, 5.41) is 0. The second-order valence-corrected chi connectivity index (χ2v) is 2.77. The Bertz CT molecular complexity index is 278. The summed E-state index contributed by atoms with van der Waals surface area (Å²) in [6.07, 6.45) is -4.62. The summed E-state index contributed by atoms with van der Waals surface area (Å²) in [6, 6.07) is 7.75. The average Bonchev–Trinajstić information content (AvgIpc) is 2.14. The lowest BCUT2D eigenvalue weighted by molar-refractivity contribution is -0.326. The molecule has 1 unspecified atom stereocenters. The highest BCUT2D eigenvalue weighted by Crippen LogP contribution is 2.19. The molecule has 0 aliphatic rings. The van der Waals surface area contributed by atoms with Crippen LogP contribution in [0.3, 0.4) is 0 Å². The van der Waals surface area contributed by atoms with Crippen LogP contribution in [0.1, 0.15) is 11.6 Å². The predicted octanol–water partition coefficient (Wildman–Crippen LogP) is 2.64. The van der Waals surface area contributed by atoms with Crippen LogP contribution in [0.2, 0.25) is 0 Å². The van der Waals surface area contributed by atoms with Crippen LogP contribution >= 0.6 is 12.4 Å². The molecule has 1 atom stereocenters. The predicted molar refractivity (Wildman–Crippen MR) is 52.6 cm³/mol. The van der Waals surface area contributed by atoms with E-state index in [1.54, 1.807) is 30.3 Å². The van der Waals surface area contributed by atoms with Crippen LogP contribution in [0.4, 0.5) is 13.2 Å². The summed E-state index contributed by atoms with van der Waals surface area (Å²) in [5.74, 6) is 0. The molecule has 6 heteroatoms. The summed E-state index contributed by atoms with van der Waals surface area (Å²) >= 11 is 0. The van der Waals surface area contributed by atoms with Gasteiger partial charge < -0.3 is 5.73 Å². The van der Waals surface area contributed by atoms with E-state index in [1.807, 2.05) is 0 Å². The largest absolute Gasteiger partial charge is 0.522 e. The Morgan fingerprint density at radius 3 is 2.20 bits per heavy atom. The van der Waals surface area contributed by atoms with Crippen molar-refractivity contribution in [2.45, 2.75) is 12.4 Å². The molecule has 1 rings (SSSR count). The lowest BCUT2D eigenvalue weighted by Gasteiger charge is -2.13. The quantitative estimate of drug-likeness (QED) is 0.883. The van der Waals surface area contributed by atoms with Gasteiger partial charge in [0.25, 0.3) is 0 Å². The van der Waals surface area contributed by atoms with Crippen molar-refractivity contribution in [1.29, 1.82) is 0 Å². The molecular weight excluding hydrogens is 231 g/mol. The molecule has 0 amide bonds. The fraction of sp³-hybridized carbons (Fsp3) is 0.333. The van der Waals surface area contributed by atoms with Crippen molar-refractivity contribution in [2.75, 3.05) is 6.61 Å². The Hall–Kier alpha value is -0.780. The van der Waals surface area contributed by atoms with Crippen molar-refractivity contribution >= 4 is 12.4 Å². The molecule has 0 radical (unpaired) electrons. The molecule has 0 spiro atoms. The van der Waals surface area contributed by atoms with Crippen molar-refractivity contribution in [3.8, 4) is 0 Å². The van der Waals surface area contributed by atoms with Crippen LogP contribution < -0.4 is 5.73 Å². The maximum Gasteiger partial charge on any atom is 0.522 e. The van der Waals surface area contributed by atoms with Crippen molar-refractivity contribution in [2.24, 2.45) is 5.73 Å². The number of halogens is 4. The minimum atomic E-state index is -4.62. The van der Waals surface area contributed by atoms with Crippen molar-refractivity contribution in [1.82, 2.24) is 0 Å². The highest BCUT2D eigenvalue weighted by molar-refractivity contribution is 5.85. The summed E-state index contributed by atoms with van der Waals surface area (Å²) in [4.78, 5) is 0. The number of alkyl halides is 3. The first-order valence-electron chi connectivity index (χ1n) is 4.00. The molecule has 15 heavy (non-hydrogen) atoms. The third kappa shape index (κ3) is 5.61. The lowest BCUT2D eigenvalue weighted by atomic mass is 10.1. The monoisotopic (exact) mass is 241 g/mol. The van der Waals surface area contributed by atoms with E-state index < -0.39 is 19.0 Å². The van der Waals surface area contributed by atoms with Crippen LogP contribution in [0.5, 0.6) is 0 Å². The van der Waals surface area contributed by atoms with Crippen LogP contribution in [0.15, 0.2) is 30.3 Å². The van der Waals surface area contributed by atoms with E-state index >= 15 is 0 Å². The fourth-order valence-corrected chi connectivity index (χ4v) is 0.981. The molecule has 0 fully saturated rings. The maximum atomic E-state index is 11.7. The second kappa shape index (κ2) is 5.95. The van der Waals surface area contributed by atoms with Crippen LogP contribution in [0, 0.1) is 0 Å². The first kappa shape index (κ1) is 14.2. The number of hydrogen-bond acceptors (Lipinski definition) is 2. The molecule has 0 aromatic heterocycles. The Labute approximate surface area is 91.6 Å². The van der Waals surface area contributed by atoms with E-state index in [0.717, 1.165) is 0 Å². The molecule has 1 aromatic carbocycles. The molecule has 0 bridgehead atoms. The van der Waals surface area contributed by atoms with Gasteiger partial charge in [-0.1, -0.05) is 30.3 Å². The summed E-state index contributed by atoms with van der Waals surface area (Å²) in [5.41, 5.74) is 6.10. The molecule has 2 nitrogen and oxygen atoms in total. The van der Waals surface area contributed by atoms with Gasteiger partial charge in [-0.2, -0.15) is 0 Å². The number of benzene rings is 1. The zero-order chi connectivity index (χ0) is 10.6. The Morgan fingerprint density at radius 2 is 1.73 bits per heavy atom. The molecular formula is C9H11ClF3NO. The molecule has 2 N–H and O–H groups in total. The first-order valence-corrected chi connectivity index (χ1v) is 4.00. The zero-order valence-corrected chi connectivity index (χ0v) is 8.52. The van der Waals surface area contributed by atoms with Crippen LogP contribution in [-0.2, 0) is 4.74 Å². The fourth-order valence-electron chi connectivity index (χ4n) is 0.981. The van der Waals surface area contributed by atoms with E-state index in [0.29, 0.717) is 5.56 Å². The smallest absolute Gasteiger partial charge is 0.322 e. The SMILES string of the molecule is Cl.NC(COC(F)(F)F)c1ccccc1. The highest BCUT2D eigenvalue weighted by Gasteiger charge is 2.29. The number of rotatable bonds is 3. The van der Waals surface area contributed by atoms with Gasteiger partial charge in [-0.25, -0.2) is 0 Å². The van der Waals surface area contributed by atoms with Gasteiger partial charge in [0.05, 0.1) is 12.6 Å². The number of nitrogens with two attached hydrogens (primary N) is 1. The molecule has 0 aliphatic carbocycles. The van der Waals surface area contributed by atoms with Gasteiger partial charge in [-0.3, -0.25) is 4.74 Å².